The van der Waals surface area contributed by atoms with Gasteiger partial charge in [0.25, 0.3) is 0 Å². The molecule has 0 atom stereocenters. The molecule has 0 aliphatic carbocycles. The zero-order valence-electron chi connectivity index (χ0n) is 19.4. The van der Waals surface area contributed by atoms with Crippen LogP contribution >= 0.6 is 0 Å². The molecule has 0 bridgehead atoms. The minimum absolute atomic E-state index is 0.0412. The van der Waals surface area contributed by atoms with Crippen LogP contribution in [0.5, 0.6) is 5.75 Å². The largest absolute Gasteiger partial charge is 0.426 e. The number of hydrogen-bond acceptors (Lipinski definition) is 6. The van der Waals surface area contributed by atoms with Crippen LogP contribution in [0.3, 0.4) is 0 Å². The Kier molecular flexibility index (Phi) is 7.08. The number of rotatable bonds is 8. The number of benzene rings is 2. The van der Waals surface area contributed by atoms with Gasteiger partial charge in [-0.2, -0.15) is 0 Å². The minimum Gasteiger partial charge on any atom is -0.426 e. The number of hydrogen-bond donors (Lipinski definition) is 0. The van der Waals surface area contributed by atoms with E-state index in [1.165, 1.54) is 5.56 Å². The number of nitrogens with zero attached hydrogens (tertiary/aromatic N) is 3. The lowest BCUT2D eigenvalue weighted by atomic mass is 10.0. The second-order valence-corrected chi connectivity index (χ2v) is 8.93. The molecule has 1 fully saturated rings. The first-order valence-electron chi connectivity index (χ1n) is 11.5. The predicted molar refractivity (Wildman–Crippen MR) is 127 cm³/mol. The number of fused-ring (bicyclic) bond motifs is 1. The molecule has 2 heterocycles. The molecule has 0 aromatic heterocycles. The number of ether oxygens (including phenoxy) is 1. The van der Waals surface area contributed by atoms with E-state index in [1.54, 1.807) is 18.2 Å². The number of ketones is 1. The highest BCUT2D eigenvalue weighted by atomic mass is 16.5. The Labute approximate surface area is 194 Å². The lowest BCUT2D eigenvalue weighted by molar-refractivity contribution is -0.133. The molecule has 2 aromatic carbocycles. The fraction of sp³-hybridized carbons (Fsp3) is 0.423. The van der Waals surface area contributed by atoms with E-state index in [2.05, 4.69) is 34.1 Å². The van der Waals surface area contributed by atoms with Crippen LogP contribution in [0.1, 0.15) is 34.3 Å². The average Bonchev–Trinajstić information content (AvgIpc) is 3.20. The van der Waals surface area contributed by atoms with Crippen molar-refractivity contribution in [1.82, 2.24) is 9.80 Å². The van der Waals surface area contributed by atoms with E-state index in [-0.39, 0.29) is 24.1 Å². The summed E-state index contributed by atoms with van der Waals surface area (Å²) < 4.78 is 5.15. The molecular weight excluding hydrogens is 418 g/mol. The summed E-state index contributed by atoms with van der Waals surface area (Å²) in [5.74, 6) is 0.463. The van der Waals surface area contributed by atoms with E-state index < -0.39 is 0 Å². The van der Waals surface area contributed by atoms with Gasteiger partial charge in [0.15, 0.2) is 5.78 Å². The molecule has 1 amide bonds. The number of carbonyl (C=O) groups is 3. The van der Waals surface area contributed by atoms with Gasteiger partial charge in [0.2, 0.25) is 5.91 Å². The molecule has 0 saturated carbocycles. The maximum atomic E-state index is 12.6. The van der Waals surface area contributed by atoms with Crippen molar-refractivity contribution >= 4 is 23.3 Å². The van der Waals surface area contributed by atoms with E-state index in [9.17, 15) is 14.4 Å². The van der Waals surface area contributed by atoms with Crippen LogP contribution in [-0.4, -0.2) is 74.3 Å². The Morgan fingerprint density at radius 3 is 2.39 bits per heavy atom. The van der Waals surface area contributed by atoms with Crippen LogP contribution in [0.15, 0.2) is 42.5 Å². The Hall–Kier alpha value is -3.19. The van der Waals surface area contributed by atoms with E-state index in [1.807, 2.05) is 19.0 Å². The summed E-state index contributed by atoms with van der Waals surface area (Å²) in [7, 11) is 4.03. The van der Waals surface area contributed by atoms with Gasteiger partial charge in [-0.25, -0.2) is 0 Å². The van der Waals surface area contributed by atoms with Crippen LogP contribution < -0.4 is 9.64 Å². The fourth-order valence-electron chi connectivity index (χ4n) is 4.28. The molecule has 2 aliphatic rings. The van der Waals surface area contributed by atoms with Gasteiger partial charge in [0.05, 0.1) is 6.42 Å². The molecule has 4 rings (SSSR count). The first-order chi connectivity index (χ1) is 15.9. The topological polar surface area (TPSA) is 70.2 Å². The van der Waals surface area contributed by atoms with Crippen LogP contribution in [0.25, 0.3) is 0 Å². The van der Waals surface area contributed by atoms with Gasteiger partial charge in [0, 0.05) is 76.5 Å². The lowest BCUT2D eigenvalue weighted by Crippen LogP contribution is -2.49. The first-order valence-corrected chi connectivity index (χ1v) is 11.5. The molecule has 0 unspecified atom stereocenters. The third-order valence-corrected chi connectivity index (χ3v) is 6.41. The van der Waals surface area contributed by atoms with Gasteiger partial charge in [-0.15, -0.1) is 0 Å². The van der Waals surface area contributed by atoms with Gasteiger partial charge in [-0.1, -0.05) is 24.3 Å². The normalized spacial score (nSPS) is 15.8. The van der Waals surface area contributed by atoms with Crippen molar-refractivity contribution in [1.29, 1.82) is 0 Å². The van der Waals surface area contributed by atoms with Gasteiger partial charge in [0.1, 0.15) is 5.75 Å². The maximum absolute atomic E-state index is 12.6. The third-order valence-electron chi connectivity index (χ3n) is 6.41. The zero-order valence-corrected chi connectivity index (χ0v) is 19.4. The number of carbonyl (C=O) groups excluding carboxylic acids is 3. The zero-order chi connectivity index (χ0) is 23.4. The number of amides is 1. The smallest absolute Gasteiger partial charge is 0.315 e. The predicted octanol–water partition coefficient (Wildman–Crippen LogP) is 2.56. The second-order valence-electron chi connectivity index (χ2n) is 8.93. The highest BCUT2D eigenvalue weighted by Crippen LogP contribution is 2.27. The molecule has 7 heteroatoms. The monoisotopic (exact) mass is 449 g/mol. The Balaban J connectivity index is 1.18. The molecule has 2 aliphatic heterocycles. The molecule has 2 aromatic rings. The Morgan fingerprint density at radius 1 is 0.970 bits per heavy atom. The van der Waals surface area contributed by atoms with Crippen LogP contribution in [0.2, 0.25) is 0 Å². The van der Waals surface area contributed by atoms with E-state index >= 15 is 0 Å². The quantitative estimate of drug-likeness (QED) is 0.351. The third kappa shape index (κ3) is 5.79. The molecular formula is C26H31N3O4. The molecule has 0 N–H and O–H groups in total. The molecule has 7 nitrogen and oxygen atoms in total. The Morgan fingerprint density at radius 2 is 1.70 bits per heavy atom. The van der Waals surface area contributed by atoms with Crippen LogP contribution in [-0.2, 0) is 22.4 Å². The van der Waals surface area contributed by atoms with Gasteiger partial charge >= 0.3 is 5.97 Å². The number of anilines is 1. The van der Waals surface area contributed by atoms with Crippen molar-refractivity contribution in [2.75, 3.05) is 51.7 Å². The van der Waals surface area contributed by atoms with E-state index in [0.29, 0.717) is 43.8 Å². The summed E-state index contributed by atoms with van der Waals surface area (Å²) in [4.78, 5) is 42.8. The summed E-state index contributed by atoms with van der Waals surface area (Å²) in [6.45, 7) is 3.61. The standard InChI is InChI=1S/C26H31N3O4/c1-27(2)22-8-3-19(4-9-22)5-10-25(31)29-15-13-28(14-16-29)12-11-23(30)20-6-7-21-18-26(32)33-24(21)17-20/h3-4,6-9,17H,5,10-16,18H2,1-2H3. The summed E-state index contributed by atoms with van der Waals surface area (Å²) in [5, 5.41) is 0. The molecule has 0 radical (unpaired) electrons. The van der Waals surface area contributed by atoms with Crippen molar-refractivity contribution in [3.8, 4) is 5.75 Å². The van der Waals surface area contributed by atoms with Gasteiger partial charge in [-0.3, -0.25) is 19.3 Å². The number of aryl methyl sites for hydroxylation is 1. The van der Waals surface area contributed by atoms with Gasteiger partial charge < -0.3 is 14.5 Å². The second kappa shape index (κ2) is 10.2. The van der Waals surface area contributed by atoms with Crippen molar-refractivity contribution in [3.05, 3.63) is 59.2 Å². The van der Waals surface area contributed by atoms with Crippen LogP contribution in [0, 0.1) is 0 Å². The number of esters is 1. The molecule has 33 heavy (non-hydrogen) atoms. The van der Waals surface area contributed by atoms with E-state index in [0.717, 1.165) is 30.8 Å². The summed E-state index contributed by atoms with van der Waals surface area (Å²) >= 11 is 0. The first kappa shape index (κ1) is 23.0. The summed E-state index contributed by atoms with van der Waals surface area (Å²) in [6, 6.07) is 13.6. The summed E-state index contributed by atoms with van der Waals surface area (Å²) in [6.07, 6.45) is 1.94. The maximum Gasteiger partial charge on any atom is 0.315 e. The van der Waals surface area contributed by atoms with Gasteiger partial charge in [-0.05, 0) is 30.2 Å². The molecule has 1 saturated heterocycles. The highest BCUT2D eigenvalue weighted by Gasteiger charge is 2.23. The van der Waals surface area contributed by atoms with Crippen molar-refractivity contribution < 1.29 is 19.1 Å². The minimum atomic E-state index is -0.274. The fourth-order valence-corrected chi connectivity index (χ4v) is 4.28. The van der Waals surface area contributed by atoms with Crippen molar-refractivity contribution in [2.45, 2.75) is 25.7 Å². The Bertz CT molecular complexity index is 1020. The van der Waals surface area contributed by atoms with Crippen molar-refractivity contribution in [3.63, 3.8) is 0 Å². The van der Waals surface area contributed by atoms with Crippen molar-refractivity contribution in [2.24, 2.45) is 0 Å². The number of Topliss-reactive ketones (excluding diaryl/α,β-unsaturated/α-hetero) is 1. The average molecular weight is 450 g/mol. The SMILES string of the molecule is CN(C)c1ccc(CCC(=O)N2CCN(CCC(=O)c3ccc4c(c3)OC(=O)C4)CC2)cc1. The van der Waals surface area contributed by atoms with Crippen LogP contribution in [0.4, 0.5) is 5.69 Å². The molecule has 174 valence electrons. The molecule has 0 spiro atoms. The summed E-state index contributed by atoms with van der Waals surface area (Å²) in [5.41, 5.74) is 3.74. The lowest BCUT2D eigenvalue weighted by Gasteiger charge is -2.34. The van der Waals surface area contributed by atoms with E-state index in [4.69, 9.17) is 4.74 Å². The highest BCUT2D eigenvalue weighted by molar-refractivity contribution is 5.97. The number of piperazine rings is 1.